The minimum Gasteiger partial charge on any atom is -0.353 e. The normalized spacial score (nSPS) is 13.9. The van der Waals surface area contributed by atoms with E-state index >= 15 is 0 Å². The molecule has 0 bridgehead atoms. The molecule has 4 rings (SSSR count). The zero-order valence-electron chi connectivity index (χ0n) is 14.4. The lowest BCUT2D eigenvalue weighted by Crippen LogP contribution is -2.48. The third-order valence-electron chi connectivity index (χ3n) is 4.16. The molecule has 2 amide bonds. The summed E-state index contributed by atoms with van der Waals surface area (Å²) in [6.45, 7) is 1.59. The fraction of sp³-hybridized carbons (Fsp3) is 0.167. The number of amides is 2. The van der Waals surface area contributed by atoms with Crippen LogP contribution in [0.3, 0.4) is 0 Å². The maximum absolute atomic E-state index is 12.5. The Morgan fingerprint density at radius 1 is 1.22 bits per heavy atom. The number of anilines is 2. The number of nitrogens with zero attached hydrogens (tertiary/aromatic N) is 5. The van der Waals surface area contributed by atoms with E-state index in [1.807, 2.05) is 11.0 Å². The molecule has 27 heavy (non-hydrogen) atoms. The molecule has 0 aliphatic carbocycles. The van der Waals surface area contributed by atoms with E-state index in [1.54, 1.807) is 47.5 Å². The lowest BCUT2D eigenvalue weighted by molar-refractivity contribution is -0.120. The summed E-state index contributed by atoms with van der Waals surface area (Å²) in [6, 6.07) is 10.7. The van der Waals surface area contributed by atoms with Gasteiger partial charge in [0.1, 0.15) is 18.5 Å². The fourth-order valence-corrected chi connectivity index (χ4v) is 2.82. The topological polar surface area (TPSA) is 105 Å². The van der Waals surface area contributed by atoms with Crippen molar-refractivity contribution in [1.29, 1.82) is 0 Å². The van der Waals surface area contributed by atoms with Gasteiger partial charge in [0.15, 0.2) is 0 Å². The van der Waals surface area contributed by atoms with Crippen LogP contribution < -0.4 is 15.5 Å². The van der Waals surface area contributed by atoms with Crippen LogP contribution in [-0.2, 0) is 4.79 Å². The third-order valence-corrected chi connectivity index (χ3v) is 4.16. The lowest BCUT2D eigenvalue weighted by Gasteiger charge is -2.27. The highest BCUT2D eigenvalue weighted by atomic mass is 16.2. The Bertz CT molecular complexity index is 954. The van der Waals surface area contributed by atoms with E-state index in [0.29, 0.717) is 30.2 Å². The number of aromatic nitrogens is 4. The highest BCUT2D eigenvalue weighted by molar-refractivity contribution is 6.04. The van der Waals surface area contributed by atoms with E-state index in [9.17, 15) is 9.59 Å². The number of nitrogens with one attached hydrogen (secondary N) is 2. The zero-order chi connectivity index (χ0) is 18.6. The summed E-state index contributed by atoms with van der Waals surface area (Å²) in [5, 5.41) is 9.66. The van der Waals surface area contributed by atoms with Gasteiger partial charge in [0.05, 0.1) is 24.1 Å². The van der Waals surface area contributed by atoms with E-state index in [1.165, 1.54) is 6.33 Å². The first-order valence-corrected chi connectivity index (χ1v) is 8.43. The maximum atomic E-state index is 12.5. The predicted molar refractivity (Wildman–Crippen MR) is 98.8 cm³/mol. The standard InChI is InChI=1S/C18H17N7O2/c26-17-10-24(7-6-20-17)16-5-4-14(9-21-16)23-18(27)13-2-1-3-15(8-13)25-12-19-11-22-25/h1-5,8-9,11-12H,6-7,10H2,(H,20,26)(H,23,27). The molecule has 0 saturated carbocycles. The Labute approximate surface area is 155 Å². The monoisotopic (exact) mass is 363 g/mol. The summed E-state index contributed by atoms with van der Waals surface area (Å²) in [4.78, 5) is 34.2. The van der Waals surface area contributed by atoms with E-state index in [0.717, 1.165) is 5.69 Å². The Morgan fingerprint density at radius 2 is 2.15 bits per heavy atom. The summed E-state index contributed by atoms with van der Waals surface area (Å²) < 4.78 is 1.59. The second kappa shape index (κ2) is 7.24. The molecule has 0 spiro atoms. The molecule has 0 radical (unpaired) electrons. The average molecular weight is 363 g/mol. The Hall–Kier alpha value is -3.75. The summed E-state index contributed by atoms with van der Waals surface area (Å²) in [7, 11) is 0. The second-order valence-corrected chi connectivity index (χ2v) is 6.02. The molecule has 1 aliphatic heterocycles. The van der Waals surface area contributed by atoms with Gasteiger partial charge in [0.25, 0.3) is 5.91 Å². The summed E-state index contributed by atoms with van der Waals surface area (Å²) in [5.41, 5.74) is 1.83. The number of piperazine rings is 1. The van der Waals surface area contributed by atoms with Crippen molar-refractivity contribution in [1.82, 2.24) is 25.1 Å². The van der Waals surface area contributed by atoms with Gasteiger partial charge < -0.3 is 15.5 Å². The van der Waals surface area contributed by atoms with Crippen molar-refractivity contribution in [3.8, 4) is 5.69 Å². The first-order valence-electron chi connectivity index (χ1n) is 8.43. The highest BCUT2D eigenvalue weighted by Crippen LogP contribution is 2.16. The van der Waals surface area contributed by atoms with Gasteiger partial charge in [-0.1, -0.05) is 6.07 Å². The molecule has 1 saturated heterocycles. The van der Waals surface area contributed by atoms with Crippen LogP contribution in [0.25, 0.3) is 5.69 Å². The van der Waals surface area contributed by atoms with Crippen molar-refractivity contribution in [3.05, 3.63) is 60.8 Å². The second-order valence-electron chi connectivity index (χ2n) is 6.02. The number of rotatable bonds is 4. The van der Waals surface area contributed by atoms with E-state index < -0.39 is 0 Å². The average Bonchev–Trinajstić information content (AvgIpc) is 3.24. The molecule has 0 atom stereocenters. The predicted octanol–water partition coefficient (Wildman–Crippen LogP) is 0.851. The van der Waals surface area contributed by atoms with Crippen molar-refractivity contribution in [3.63, 3.8) is 0 Å². The zero-order valence-corrected chi connectivity index (χ0v) is 14.4. The Kier molecular flexibility index (Phi) is 4.48. The van der Waals surface area contributed by atoms with Gasteiger partial charge in [-0.3, -0.25) is 9.59 Å². The molecule has 9 nitrogen and oxygen atoms in total. The molecule has 2 aromatic heterocycles. The highest BCUT2D eigenvalue weighted by Gasteiger charge is 2.17. The summed E-state index contributed by atoms with van der Waals surface area (Å²) in [5.74, 6) is 0.438. The fourth-order valence-electron chi connectivity index (χ4n) is 2.82. The van der Waals surface area contributed by atoms with Crippen molar-refractivity contribution in [2.24, 2.45) is 0 Å². The van der Waals surface area contributed by atoms with E-state index in [2.05, 4.69) is 25.7 Å². The quantitative estimate of drug-likeness (QED) is 0.712. The van der Waals surface area contributed by atoms with Crippen LogP contribution in [0.4, 0.5) is 11.5 Å². The van der Waals surface area contributed by atoms with Crippen LogP contribution in [0, 0.1) is 0 Å². The van der Waals surface area contributed by atoms with Crippen molar-refractivity contribution in [2.45, 2.75) is 0 Å². The molecule has 3 aromatic rings. The molecule has 0 unspecified atom stereocenters. The maximum Gasteiger partial charge on any atom is 0.255 e. The molecule has 1 aliphatic rings. The smallest absolute Gasteiger partial charge is 0.255 e. The van der Waals surface area contributed by atoms with Gasteiger partial charge in [-0.15, -0.1) is 0 Å². The van der Waals surface area contributed by atoms with Gasteiger partial charge in [0.2, 0.25) is 5.91 Å². The number of pyridine rings is 1. The minimum absolute atomic E-state index is 0.0207. The molecule has 3 heterocycles. The molecule has 2 N–H and O–H groups in total. The first kappa shape index (κ1) is 16.7. The van der Waals surface area contributed by atoms with Crippen LogP contribution in [-0.4, -0.2) is 51.2 Å². The van der Waals surface area contributed by atoms with Gasteiger partial charge in [-0.05, 0) is 30.3 Å². The van der Waals surface area contributed by atoms with Gasteiger partial charge in [-0.2, -0.15) is 5.10 Å². The third kappa shape index (κ3) is 3.76. The number of hydrogen-bond donors (Lipinski definition) is 2. The molecule has 1 aromatic carbocycles. The van der Waals surface area contributed by atoms with Crippen LogP contribution in [0.15, 0.2) is 55.2 Å². The van der Waals surface area contributed by atoms with E-state index in [4.69, 9.17) is 0 Å². The minimum atomic E-state index is -0.246. The lowest BCUT2D eigenvalue weighted by atomic mass is 10.2. The van der Waals surface area contributed by atoms with Crippen molar-refractivity contribution < 1.29 is 9.59 Å². The molecule has 9 heteroatoms. The number of hydrogen-bond acceptors (Lipinski definition) is 6. The SMILES string of the molecule is O=C1CN(c2ccc(NC(=O)c3cccc(-n4cncn4)c3)cn2)CCN1. The van der Waals surface area contributed by atoms with Crippen LogP contribution >= 0.6 is 0 Å². The Balaban J connectivity index is 1.45. The number of carbonyl (C=O) groups is 2. The summed E-state index contributed by atoms with van der Waals surface area (Å²) >= 11 is 0. The van der Waals surface area contributed by atoms with E-state index in [-0.39, 0.29) is 18.4 Å². The molecule has 136 valence electrons. The van der Waals surface area contributed by atoms with Crippen molar-refractivity contribution in [2.75, 3.05) is 29.9 Å². The number of carbonyl (C=O) groups excluding carboxylic acids is 2. The van der Waals surface area contributed by atoms with Gasteiger partial charge >= 0.3 is 0 Å². The van der Waals surface area contributed by atoms with Crippen molar-refractivity contribution >= 4 is 23.3 Å². The van der Waals surface area contributed by atoms with Gasteiger partial charge in [0, 0.05) is 18.7 Å². The van der Waals surface area contributed by atoms with Gasteiger partial charge in [-0.25, -0.2) is 14.6 Å². The molecule has 1 fully saturated rings. The number of benzene rings is 1. The molecular weight excluding hydrogens is 346 g/mol. The first-order chi connectivity index (χ1) is 13.2. The van der Waals surface area contributed by atoms with Crippen LogP contribution in [0.2, 0.25) is 0 Å². The molecular formula is C18H17N7O2. The summed E-state index contributed by atoms with van der Waals surface area (Å²) in [6.07, 6.45) is 4.59. The largest absolute Gasteiger partial charge is 0.353 e. The Morgan fingerprint density at radius 3 is 2.89 bits per heavy atom. The van der Waals surface area contributed by atoms with Crippen LogP contribution in [0.5, 0.6) is 0 Å². The van der Waals surface area contributed by atoms with Crippen LogP contribution in [0.1, 0.15) is 10.4 Å².